The van der Waals surface area contributed by atoms with Gasteiger partial charge in [0.1, 0.15) is 6.54 Å². The molecule has 5 nitrogen and oxygen atoms in total. The average molecular weight is 328 g/mol. The van der Waals surface area contributed by atoms with Crippen molar-refractivity contribution >= 4 is 15.8 Å². The molecule has 2 aromatic rings. The highest BCUT2D eigenvalue weighted by atomic mass is 32.2. The number of rotatable bonds is 6. The Kier molecular flexibility index (Phi) is 5.27. The van der Waals surface area contributed by atoms with E-state index in [-0.39, 0.29) is 23.8 Å². The quantitative estimate of drug-likeness (QED) is 0.603. The number of nitrogens with zero attached hydrogens (tertiary/aromatic N) is 2. The minimum Gasteiger partial charge on any atom is -0.295 e. The summed E-state index contributed by atoms with van der Waals surface area (Å²) in [5, 5.41) is 8.94. The maximum Gasteiger partial charge on any atom is 0.244 e. The first kappa shape index (κ1) is 16.9. The van der Waals surface area contributed by atoms with E-state index in [1.54, 1.807) is 12.1 Å². The van der Waals surface area contributed by atoms with Crippen molar-refractivity contribution in [3.05, 3.63) is 65.7 Å². The topological polar surface area (TPSA) is 78.2 Å². The molecule has 0 spiro atoms. The molecule has 118 valence electrons. The lowest BCUT2D eigenvalue weighted by molar-refractivity contribution is 0.101. The zero-order valence-electron chi connectivity index (χ0n) is 12.6. The minimum atomic E-state index is -3.80. The van der Waals surface area contributed by atoms with E-state index in [2.05, 4.69) is 0 Å². The van der Waals surface area contributed by atoms with E-state index in [0.717, 1.165) is 9.87 Å². The van der Waals surface area contributed by atoms with Gasteiger partial charge in [-0.1, -0.05) is 42.5 Å². The van der Waals surface area contributed by atoms with Crippen molar-refractivity contribution in [2.75, 3.05) is 6.54 Å². The van der Waals surface area contributed by atoms with Crippen LogP contribution in [0.3, 0.4) is 0 Å². The van der Waals surface area contributed by atoms with Crippen LogP contribution in [0.25, 0.3) is 0 Å². The van der Waals surface area contributed by atoms with Crippen molar-refractivity contribution in [2.45, 2.75) is 18.4 Å². The first-order valence-electron chi connectivity index (χ1n) is 6.97. The molecule has 0 atom stereocenters. The second-order valence-corrected chi connectivity index (χ2v) is 6.94. The predicted octanol–water partition coefficient (Wildman–Crippen LogP) is 2.60. The zero-order chi connectivity index (χ0) is 16.9. The summed E-state index contributed by atoms with van der Waals surface area (Å²) in [6.07, 6.45) is 0. The molecule has 0 unspecified atom stereocenters. The summed E-state index contributed by atoms with van der Waals surface area (Å²) in [7, 11) is -3.80. The Hall–Kier alpha value is -2.49. The molecule has 2 aromatic carbocycles. The van der Waals surface area contributed by atoms with Gasteiger partial charge in [0, 0.05) is 12.1 Å². The van der Waals surface area contributed by atoms with E-state index in [4.69, 9.17) is 5.26 Å². The molecule has 23 heavy (non-hydrogen) atoms. The van der Waals surface area contributed by atoms with Crippen LogP contribution in [-0.4, -0.2) is 25.1 Å². The van der Waals surface area contributed by atoms with Crippen LogP contribution in [0.4, 0.5) is 0 Å². The molecular weight excluding hydrogens is 312 g/mol. The monoisotopic (exact) mass is 328 g/mol. The van der Waals surface area contributed by atoms with Crippen molar-refractivity contribution < 1.29 is 13.2 Å². The van der Waals surface area contributed by atoms with Gasteiger partial charge in [0.05, 0.1) is 11.0 Å². The van der Waals surface area contributed by atoms with Crippen molar-refractivity contribution in [3.63, 3.8) is 0 Å². The molecule has 0 heterocycles. The maximum atomic E-state index is 12.7. The normalized spacial score (nSPS) is 11.2. The van der Waals surface area contributed by atoms with E-state index in [1.807, 2.05) is 24.3 Å². The summed E-state index contributed by atoms with van der Waals surface area (Å²) >= 11 is 0. The molecule has 0 amide bonds. The van der Waals surface area contributed by atoms with Crippen molar-refractivity contribution in [1.82, 2.24) is 4.31 Å². The largest absolute Gasteiger partial charge is 0.295 e. The third kappa shape index (κ3) is 4.03. The maximum absolute atomic E-state index is 12.7. The fourth-order valence-electron chi connectivity index (χ4n) is 2.10. The van der Waals surface area contributed by atoms with Gasteiger partial charge >= 0.3 is 0 Å². The van der Waals surface area contributed by atoms with Gasteiger partial charge in [0.2, 0.25) is 10.0 Å². The standard InChI is InChI=1S/C17H16N2O3S/c1-14(20)16-7-9-17(10-8-16)23(21,22)19(12-11-18)13-15-5-3-2-4-6-15/h2-10H,12-13H2,1H3. The Balaban J connectivity index is 2.33. The van der Waals surface area contributed by atoms with E-state index in [9.17, 15) is 13.2 Å². The number of sulfonamides is 1. The fourth-order valence-corrected chi connectivity index (χ4v) is 3.43. The van der Waals surface area contributed by atoms with Gasteiger partial charge in [0.15, 0.2) is 5.78 Å². The number of ketones is 1. The molecule has 0 saturated carbocycles. The fraction of sp³-hybridized carbons (Fsp3) is 0.176. The van der Waals surface area contributed by atoms with Crippen LogP contribution in [0, 0.1) is 11.3 Å². The number of carbonyl (C=O) groups excluding carboxylic acids is 1. The number of hydrogen-bond acceptors (Lipinski definition) is 4. The lowest BCUT2D eigenvalue weighted by atomic mass is 10.2. The van der Waals surface area contributed by atoms with Gasteiger partial charge in [-0.2, -0.15) is 9.57 Å². The lowest BCUT2D eigenvalue weighted by Crippen LogP contribution is -2.31. The van der Waals surface area contributed by atoms with Crippen molar-refractivity contribution in [2.24, 2.45) is 0 Å². The van der Waals surface area contributed by atoms with Crippen LogP contribution < -0.4 is 0 Å². The smallest absolute Gasteiger partial charge is 0.244 e. The number of Topliss-reactive ketones (excluding diaryl/α,β-unsaturated/α-hetero) is 1. The number of nitriles is 1. The average Bonchev–Trinajstić information content (AvgIpc) is 2.55. The van der Waals surface area contributed by atoms with E-state index in [0.29, 0.717) is 5.56 Å². The molecule has 0 bridgehead atoms. The van der Waals surface area contributed by atoms with Gasteiger partial charge in [-0.25, -0.2) is 8.42 Å². The van der Waals surface area contributed by atoms with E-state index < -0.39 is 10.0 Å². The molecule has 6 heteroatoms. The summed E-state index contributed by atoms with van der Waals surface area (Å²) < 4.78 is 26.5. The van der Waals surface area contributed by atoms with Gasteiger partial charge in [-0.05, 0) is 24.6 Å². The summed E-state index contributed by atoms with van der Waals surface area (Å²) in [4.78, 5) is 11.3. The Labute approximate surface area is 135 Å². The zero-order valence-corrected chi connectivity index (χ0v) is 13.5. The van der Waals surface area contributed by atoms with Crippen LogP contribution in [0.1, 0.15) is 22.8 Å². The van der Waals surface area contributed by atoms with Crippen molar-refractivity contribution in [3.8, 4) is 6.07 Å². The van der Waals surface area contributed by atoms with Crippen LogP contribution >= 0.6 is 0 Å². The molecular formula is C17H16N2O3S. The SMILES string of the molecule is CC(=O)c1ccc(S(=O)(=O)N(CC#N)Cc2ccccc2)cc1. The number of carbonyl (C=O) groups is 1. The lowest BCUT2D eigenvalue weighted by Gasteiger charge is -2.19. The molecule has 0 aliphatic carbocycles. The van der Waals surface area contributed by atoms with Crippen LogP contribution in [0.5, 0.6) is 0 Å². The highest BCUT2D eigenvalue weighted by Gasteiger charge is 2.24. The van der Waals surface area contributed by atoms with Crippen molar-refractivity contribution in [1.29, 1.82) is 5.26 Å². The summed E-state index contributed by atoms with van der Waals surface area (Å²) in [5.74, 6) is -0.132. The third-order valence-corrected chi connectivity index (χ3v) is 5.15. The summed E-state index contributed by atoms with van der Waals surface area (Å²) in [6, 6.07) is 16.7. The molecule has 0 fully saturated rings. The highest BCUT2D eigenvalue weighted by Crippen LogP contribution is 2.19. The van der Waals surface area contributed by atoms with Crippen LogP contribution in [0.15, 0.2) is 59.5 Å². The Morgan fingerprint density at radius 3 is 2.22 bits per heavy atom. The second kappa shape index (κ2) is 7.18. The van der Waals surface area contributed by atoms with E-state index in [1.165, 1.54) is 31.2 Å². The second-order valence-electron chi connectivity index (χ2n) is 5.00. The molecule has 2 rings (SSSR count). The molecule has 0 N–H and O–H groups in total. The van der Waals surface area contributed by atoms with Crippen LogP contribution in [-0.2, 0) is 16.6 Å². The first-order valence-corrected chi connectivity index (χ1v) is 8.41. The molecule has 0 aliphatic heterocycles. The molecule has 0 radical (unpaired) electrons. The van der Waals surface area contributed by atoms with Gasteiger partial charge in [0.25, 0.3) is 0 Å². The van der Waals surface area contributed by atoms with Gasteiger partial charge in [-0.3, -0.25) is 4.79 Å². The van der Waals surface area contributed by atoms with Gasteiger partial charge < -0.3 is 0 Å². The summed E-state index contributed by atoms with van der Waals surface area (Å²) in [6.45, 7) is 1.29. The minimum absolute atomic E-state index is 0.0636. The third-order valence-electron chi connectivity index (χ3n) is 3.35. The number of benzene rings is 2. The predicted molar refractivity (Wildman–Crippen MR) is 86.1 cm³/mol. The van der Waals surface area contributed by atoms with Crippen LogP contribution in [0.2, 0.25) is 0 Å². The van der Waals surface area contributed by atoms with E-state index >= 15 is 0 Å². The Morgan fingerprint density at radius 2 is 1.70 bits per heavy atom. The molecule has 0 aliphatic rings. The first-order chi connectivity index (χ1) is 10.9. The number of hydrogen-bond donors (Lipinski definition) is 0. The summed E-state index contributed by atoms with van der Waals surface area (Å²) in [5.41, 5.74) is 1.24. The molecule has 0 aromatic heterocycles. The molecule has 0 saturated heterocycles. The van der Waals surface area contributed by atoms with Gasteiger partial charge in [-0.15, -0.1) is 0 Å². The Morgan fingerprint density at radius 1 is 1.09 bits per heavy atom. The highest BCUT2D eigenvalue weighted by molar-refractivity contribution is 7.89. The Bertz CT molecular complexity index is 822.